The van der Waals surface area contributed by atoms with E-state index in [1.54, 1.807) is 13.3 Å². The van der Waals surface area contributed by atoms with Crippen LogP contribution >= 0.6 is 11.6 Å². The van der Waals surface area contributed by atoms with E-state index in [4.69, 9.17) is 21.1 Å². The van der Waals surface area contributed by atoms with Crippen molar-refractivity contribution in [1.29, 1.82) is 5.26 Å². The molecule has 2 aromatic carbocycles. The van der Waals surface area contributed by atoms with Gasteiger partial charge in [-0.1, -0.05) is 41.9 Å². The number of hydrogen-bond donors (Lipinski definition) is 1. The Labute approximate surface area is 180 Å². The highest BCUT2D eigenvalue weighted by molar-refractivity contribution is 6.31. The van der Waals surface area contributed by atoms with Crippen LogP contribution in [0.4, 0.5) is 5.82 Å². The molecule has 0 unspecified atom stereocenters. The fraction of sp³-hybridized carbons (Fsp3) is 0.174. The Kier molecular flexibility index (Phi) is 7.39. The quantitative estimate of drug-likeness (QED) is 0.405. The van der Waals surface area contributed by atoms with Crippen LogP contribution in [-0.4, -0.2) is 18.3 Å². The molecular formula is C23H21ClN4O2. The lowest BCUT2D eigenvalue weighted by Gasteiger charge is -2.11. The van der Waals surface area contributed by atoms with Gasteiger partial charge in [0.2, 0.25) is 0 Å². The van der Waals surface area contributed by atoms with Crippen molar-refractivity contribution in [1.82, 2.24) is 4.98 Å². The minimum atomic E-state index is 0.323. The number of aryl methyl sites for hydroxylation is 1. The molecule has 30 heavy (non-hydrogen) atoms. The van der Waals surface area contributed by atoms with Crippen LogP contribution in [0, 0.1) is 18.3 Å². The second-order valence-electron chi connectivity index (χ2n) is 6.48. The molecule has 0 saturated carbocycles. The van der Waals surface area contributed by atoms with Crippen molar-refractivity contribution in [2.24, 2.45) is 5.10 Å². The van der Waals surface area contributed by atoms with Gasteiger partial charge in [0, 0.05) is 34.5 Å². The van der Waals surface area contributed by atoms with Crippen molar-refractivity contribution < 1.29 is 9.47 Å². The van der Waals surface area contributed by atoms with Crippen LogP contribution in [-0.2, 0) is 18.0 Å². The number of hydrazone groups is 1. The first-order valence-corrected chi connectivity index (χ1v) is 9.64. The van der Waals surface area contributed by atoms with E-state index < -0.39 is 0 Å². The second kappa shape index (κ2) is 10.4. The zero-order valence-corrected chi connectivity index (χ0v) is 17.5. The normalized spacial score (nSPS) is 10.7. The number of para-hydroxylation sites is 1. The van der Waals surface area contributed by atoms with Gasteiger partial charge in [-0.15, -0.1) is 0 Å². The molecule has 0 spiro atoms. The third kappa shape index (κ3) is 5.35. The molecule has 0 aliphatic rings. The van der Waals surface area contributed by atoms with Crippen molar-refractivity contribution in [3.8, 4) is 11.8 Å². The molecule has 7 heteroatoms. The Hall–Kier alpha value is -3.40. The van der Waals surface area contributed by atoms with Crippen LogP contribution in [0.15, 0.2) is 59.7 Å². The molecular weight excluding hydrogens is 400 g/mol. The number of nitrogens with zero attached hydrogens (tertiary/aromatic N) is 3. The number of anilines is 1. The van der Waals surface area contributed by atoms with E-state index >= 15 is 0 Å². The van der Waals surface area contributed by atoms with Gasteiger partial charge in [-0.3, -0.25) is 5.43 Å². The highest BCUT2D eigenvalue weighted by Crippen LogP contribution is 2.22. The van der Waals surface area contributed by atoms with E-state index in [0.717, 1.165) is 22.4 Å². The number of rotatable bonds is 8. The first-order valence-electron chi connectivity index (χ1n) is 9.26. The number of hydrogen-bond acceptors (Lipinski definition) is 6. The molecule has 0 amide bonds. The molecule has 1 N–H and O–H groups in total. The summed E-state index contributed by atoms with van der Waals surface area (Å²) in [6, 6.07) is 19.1. The van der Waals surface area contributed by atoms with Crippen molar-refractivity contribution in [3.63, 3.8) is 0 Å². The fourth-order valence-electron chi connectivity index (χ4n) is 2.87. The first kappa shape index (κ1) is 21.3. The van der Waals surface area contributed by atoms with E-state index in [1.165, 1.54) is 0 Å². The summed E-state index contributed by atoms with van der Waals surface area (Å²) in [7, 11) is 1.59. The van der Waals surface area contributed by atoms with Crippen LogP contribution < -0.4 is 10.2 Å². The van der Waals surface area contributed by atoms with Crippen LogP contribution in [0.3, 0.4) is 0 Å². The van der Waals surface area contributed by atoms with Gasteiger partial charge in [0.1, 0.15) is 24.0 Å². The van der Waals surface area contributed by atoms with E-state index in [1.807, 2.05) is 61.5 Å². The van der Waals surface area contributed by atoms with E-state index in [-0.39, 0.29) is 0 Å². The molecule has 0 aliphatic heterocycles. The Morgan fingerprint density at radius 1 is 1.13 bits per heavy atom. The molecule has 3 rings (SSSR count). The SMILES string of the molecule is COCc1cc(C)nc(NN=Cc2ccccc2OCc2ccccc2Cl)c1C#N. The Morgan fingerprint density at radius 3 is 2.67 bits per heavy atom. The maximum Gasteiger partial charge on any atom is 0.164 e. The maximum absolute atomic E-state index is 9.51. The molecule has 0 bridgehead atoms. The molecule has 0 fully saturated rings. The number of benzene rings is 2. The van der Waals surface area contributed by atoms with Crippen molar-refractivity contribution >= 4 is 23.6 Å². The predicted octanol–water partition coefficient (Wildman–Crippen LogP) is 5.09. The lowest BCUT2D eigenvalue weighted by molar-refractivity contribution is 0.184. The van der Waals surface area contributed by atoms with Gasteiger partial charge < -0.3 is 9.47 Å². The first-order chi connectivity index (χ1) is 14.6. The lowest BCUT2D eigenvalue weighted by Crippen LogP contribution is -2.04. The van der Waals surface area contributed by atoms with Gasteiger partial charge in [0.15, 0.2) is 5.82 Å². The molecule has 1 heterocycles. The summed E-state index contributed by atoms with van der Waals surface area (Å²) in [4.78, 5) is 4.38. The number of nitriles is 1. The van der Waals surface area contributed by atoms with Crippen molar-refractivity contribution in [2.45, 2.75) is 20.1 Å². The molecule has 1 aromatic heterocycles. The van der Waals surface area contributed by atoms with Crippen LogP contribution in [0.2, 0.25) is 5.02 Å². The monoisotopic (exact) mass is 420 g/mol. The number of pyridine rings is 1. The van der Waals surface area contributed by atoms with Crippen molar-refractivity contribution in [2.75, 3.05) is 12.5 Å². The number of methoxy groups -OCH3 is 1. The van der Waals surface area contributed by atoms with E-state index in [0.29, 0.717) is 35.4 Å². The Balaban J connectivity index is 1.76. The highest BCUT2D eigenvalue weighted by atomic mass is 35.5. The number of aromatic nitrogens is 1. The van der Waals surface area contributed by atoms with Crippen LogP contribution in [0.5, 0.6) is 5.75 Å². The van der Waals surface area contributed by atoms with Crippen LogP contribution in [0.1, 0.15) is 27.9 Å². The average molecular weight is 421 g/mol. The van der Waals surface area contributed by atoms with Crippen LogP contribution in [0.25, 0.3) is 0 Å². The third-order valence-corrected chi connectivity index (χ3v) is 4.64. The number of nitrogens with one attached hydrogen (secondary N) is 1. The molecule has 152 valence electrons. The maximum atomic E-state index is 9.51. The third-order valence-electron chi connectivity index (χ3n) is 4.27. The highest BCUT2D eigenvalue weighted by Gasteiger charge is 2.11. The van der Waals surface area contributed by atoms with Gasteiger partial charge >= 0.3 is 0 Å². The summed E-state index contributed by atoms with van der Waals surface area (Å²) >= 11 is 6.20. The summed E-state index contributed by atoms with van der Waals surface area (Å²) in [6.45, 7) is 2.52. The largest absolute Gasteiger partial charge is 0.488 e. The Bertz CT molecular complexity index is 1090. The number of halogens is 1. The second-order valence-corrected chi connectivity index (χ2v) is 6.89. The standard InChI is InChI=1S/C23H21ClN4O2/c1-16-11-19(14-29-2)20(12-25)23(27-16)28-26-13-17-7-4-6-10-22(17)30-15-18-8-3-5-9-21(18)24/h3-11,13H,14-15H2,1-2H3,(H,27,28). The van der Waals surface area contributed by atoms with E-state index in [2.05, 4.69) is 21.6 Å². The summed E-state index contributed by atoms with van der Waals surface area (Å²) < 4.78 is 11.1. The van der Waals surface area contributed by atoms with Gasteiger partial charge in [-0.25, -0.2) is 4.98 Å². The predicted molar refractivity (Wildman–Crippen MR) is 118 cm³/mol. The minimum Gasteiger partial charge on any atom is -0.488 e. The van der Waals surface area contributed by atoms with Gasteiger partial charge in [-0.05, 0) is 31.2 Å². The molecule has 3 aromatic rings. The van der Waals surface area contributed by atoms with Gasteiger partial charge in [0.25, 0.3) is 0 Å². The lowest BCUT2D eigenvalue weighted by atomic mass is 10.1. The number of ether oxygens (including phenoxy) is 2. The summed E-state index contributed by atoms with van der Waals surface area (Å²) in [6.07, 6.45) is 1.63. The van der Waals surface area contributed by atoms with Gasteiger partial charge in [-0.2, -0.15) is 10.4 Å². The van der Waals surface area contributed by atoms with E-state index in [9.17, 15) is 5.26 Å². The molecule has 0 atom stereocenters. The smallest absolute Gasteiger partial charge is 0.164 e. The molecule has 0 aliphatic carbocycles. The molecule has 0 radical (unpaired) electrons. The van der Waals surface area contributed by atoms with Crippen molar-refractivity contribution in [3.05, 3.63) is 87.6 Å². The zero-order valence-electron chi connectivity index (χ0n) is 16.7. The molecule has 0 saturated heterocycles. The topological polar surface area (TPSA) is 79.5 Å². The fourth-order valence-corrected chi connectivity index (χ4v) is 3.06. The molecule has 6 nitrogen and oxygen atoms in total. The minimum absolute atomic E-state index is 0.323. The Morgan fingerprint density at radius 2 is 1.90 bits per heavy atom. The summed E-state index contributed by atoms with van der Waals surface area (Å²) in [5.74, 6) is 1.05. The van der Waals surface area contributed by atoms with Gasteiger partial charge in [0.05, 0.1) is 12.8 Å². The summed E-state index contributed by atoms with van der Waals surface area (Å²) in [5.41, 5.74) is 6.47. The summed E-state index contributed by atoms with van der Waals surface area (Å²) in [5, 5.41) is 14.4. The zero-order chi connectivity index (χ0) is 21.3. The average Bonchev–Trinajstić information content (AvgIpc) is 2.74.